The lowest BCUT2D eigenvalue weighted by molar-refractivity contribution is -0.121. The summed E-state index contributed by atoms with van der Waals surface area (Å²) in [5.41, 5.74) is 2.14. The number of ether oxygens (including phenoxy) is 2. The number of benzene rings is 3. The van der Waals surface area contributed by atoms with Crippen LogP contribution in [0.25, 0.3) is 10.8 Å². The molecule has 0 bridgehead atoms. The lowest BCUT2D eigenvalue weighted by atomic mass is 10.1. The second kappa shape index (κ2) is 9.08. The number of aryl methyl sites for hydroxylation is 1. The van der Waals surface area contributed by atoms with E-state index in [0.29, 0.717) is 26.0 Å². The van der Waals surface area contributed by atoms with Gasteiger partial charge in [-0.15, -0.1) is 0 Å². The summed E-state index contributed by atoms with van der Waals surface area (Å²) in [6, 6.07) is 20.0. The second-order valence-electron chi connectivity index (χ2n) is 6.36. The monoisotopic (exact) mass is 363 g/mol. The fourth-order valence-corrected chi connectivity index (χ4v) is 3.05. The van der Waals surface area contributed by atoms with Crippen LogP contribution in [0.2, 0.25) is 0 Å². The van der Waals surface area contributed by atoms with Crippen molar-refractivity contribution >= 4 is 16.7 Å². The molecule has 0 aromatic heterocycles. The van der Waals surface area contributed by atoms with Crippen molar-refractivity contribution in [3.05, 3.63) is 71.8 Å². The van der Waals surface area contributed by atoms with Crippen molar-refractivity contribution in [2.75, 3.05) is 13.7 Å². The molecule has 0 aliphatic carbocycles. The van der Waals surface area contributed by atoms with Gasteiger partial charge in [-0.2, -0.15) is 0 Å². The summed E-state index contributed by atoms with van der Waals surface area (Å²) < 4.78 is 10.9. The first-order chi connectivity index (χ1) is 13.2. The van der Waals surface area contributed by atoms with Gasteiger partial charge in [0, 0.05) is 13.0 Å². The van der Waals surface area contributed by atoms with Gasteiger partial charge in [0.25, 0.3) is 0 Å². The Balaban J connectivity index is 1.55. The fraction of sp³-hybridized carbons (Fsp3) is 0.261. The molecule has 0 saturated heterocycles. The molecule has 1 amide bonds. The van der Waals surface area contributed by atoms with Gasteiger partial charge in [0.1, 0.15) is 11.5 Å². The Morgan fingerprint density at radius 2 is 1.78 bits per heavy atom. The molecule has 0 saturated carbocycles. The van der Waals surface area contributed by atoms with Gasteiger partial charge in [0.15, 0.2) is 0 Å². The zero-order valence-corrected chi connectivity index (χ0v) is 15.8. The zero-order valence-electron chi connectivity index (χ0n) is 15.8. The highest BCUT2D eigenvalue weighted by Crippen LogP contribution is 2.22. The molecule has 0 spiro atoms. The Morgan fingerprint density at radius 1 is 1.00 bits per heavy atom. The molecule has 1 N–H and O–H groups in total. The minimum absolute atomic E-state index is 0.0381. The van der Waals surface area contributed by atoms with Gasteiger partial charge in [-0.25, -0.2) is 0 Å². The van der Waals surface area contributed by atoms with E-state index in [1.807, 2.05) is 55.5 Å². The number of hydrogen-bond acceptors (Lipinski definition) is 3. The van der Waals surface area contributed by atoms with Crippen LogP contribution in [0.3, 0.4) is 0 Å². The second-order valence-corrected chi connectivity index (χ2v) is 6.36. The maximum Gasteiger partial charge on any atom is 0.220 e. The maximum atomic E-state index is 12.2. The Morgan fingerprint density at radius 3 is 2.59 bits per heavy atom. The first kappa shape index (κ1) is 18.8. The summed E-state index contributed by atoms with van der Waals surface area (Å²) in [6.45, 7) is 3.11. The quantitative estimate of drug-likeness (QED) is 0.641. The van der Waals surface area contributed by atoms with Crippen molar-refractivity contribution in [2.24, 2.45) is 0 Å². The van der Waals surface area contributed by atoms with Crippen LogP contribution in [-0.4, -0.2) is 19.6 Å². The molecule has 3 aromatic carbocycles. The average Bonchev–Trinajstić information content (AvgIpc) is 2.71. The predicted octanol–water partition coefficient (Wildman–Crippen LogP) is 4.50. The van der Waals surface area contributed by atoms with Crippen LogP contribution in [0.4, 0.5) is 0 Å². The third-order valence-electron chi connectivity index (χ3n) is 4.50. The molecule has 3 aromatic rings. The van der Waals surface area contributed by atoms with Crippen molar-refractivity contribution < 1.29 is 14.3 Å². The van der Waals surface area contributed by atoms with E-state index in [0.717, 1.165) is 33.4 Å². The minimum atomic E-state index is 0.0381. The Bertz CT molecular complexity index is 920. The van der Waals surface area contributed by atoms with Gasteiger partial charge in [-0.1, -0.05) is 36.4 Å². The van der Waals surface area contributed by atoms with Crippen molar-refractivity contribution in [3.8, 4) is 11.5 Å². The van der Waals surface area contributed by atoms with Gasteiger partial charge < -0.3 is 14.8 Å². The standard InChI is InChI=1S/C23H25NO3/c1-3-27-22-7-5-4-6-18(22)11-13-23(25)24-16-17-8-9-20-15-21(26-2)12-10-19(20)14-17/h4-10,12,14-15H,3,11,13,16H2,1-2H3,(H,24,25). The number of fused-ring (bicyclic) bond motifs is 1. The topological polar surface area (TPSA) is 47.6 Å². The van der Waals surface area contributed by atoms with Gasteiger partial charge in [-0.3, -0.25) is 4.79 Å². The number of carbonyl (C=O) groups is 1. The van der Waals surface area contributed by atoms with Crippen LogP contribution in [0, 0.1) is 0 Å². The van der Waals surface area contributed by atoms with E-state index in [-0.39, 0.29) is 5.91 Å². The van der Waals surface area contributed by atoms with E-state index in [9.17, 15) is 4.79 Å². The normalized spacial score (nSPS) is 10.6. The fourth-order valence-electron chi connectivity index (χ4n) is 3.05. The highest BCUT2D eigenvalue weighted by atomic mass is 16.5. The summed E-state index contributed by atoms with van der Waals surface area (Å²) in [4.78, 5) is 12.2. The first-order valence-electron chi connectivity index (χ1n) is 9.23. The van der Waals surface area contributed by atoms with E-state index in [1.54, 1.807) is 7.11 Å². The third-order valence-corrected chi connectivity index (χ3v) is 4.50. The molecule has 0 aliphatic heterocycles. The van der Waals surface area contributed by atoms with E-state index >= 15 is 0 Å². The largest absolute Gasteiger partial charge is 0.497 e. The molecule has 0 unspecified atom stereocenters. The predicted molar refractivity (Wildman–Crippen MR) is 108 cm³/mol. The third kappa shape index (κ3) is 5.00. The summed E-state index contributed by atoms with van der Waals surface area (Å²) in [7, 11) is 1.66. The molecule has 0 fully saturated rings. The van der Waals surface area contributed by atoms with Crippen LogP contribution in [-0.2, 0) is 17.8 Å². The van der Waals surface area contributed by atoms with Crippen LogP contribution in [0.15, 0.2) is 60.7 Å². The van der Waals surface area contributed by atoms with Gasteiger partial charge in [-0.05, 0) is 59.5 Å². The molecular formula is C23H25NO3. The van der Waals surface area contributed by atoms with E-state index in [2.05, 4.69) is 17.4 Å². The zero-order chi connectivity index (χ0) is 19.1. The number of carbonyl (C=O) groups excluding carboxylic acids is 1. The molecule has 4 heteroatoms. The number of para-hydroxylation sites is 1. The van der Waals surface area contributed by atoms with Crippen LogP contribution < -0.4 is 14.8 Å². The van der Waals surface area contributed by atoms with Gasteiger partial charge >= 0.3 is 0 Å². The SMILES string of the molecule is CCOc1ccccc1CCC(=O)NCc1ccc2cc(OC)ccc2c1. The molecule has 3 rings (SSSR count). The van der Waals surface area contributed by atoms with Crippen LogP contribution >= 0.6 is 0 Å². The number of amides is 1. The van der Waals surface area contributed by atoms with Crippen molar-refractivity contribution in [1.29, 1.82) is 0 Å². The molecule has 0 heterocycles. The van der Waals surface area contributed by atoms with Crippen LogP contribution in [0.5, 0.6) is 11.5 Å². The molecule has 0 aliphatic rings. The molecule has 0 atom stereocenters. The summed E-state index contributed by atoms with van der Waals surface area (Å²) in [5.74, 6) is 1.74. The summed E-state index contributed by atoms with van der Waals surface area (Å²) >= 11 is 0. The molecule has 4 nitrogen and oxygen atoms in total. The van der Waals surface area contributed by atoms with E-state index < -0.39 is 0 Å². The number of methoxy groups -OCH3 is 1. The average molecular weight is 363 g/mol. The highest BCUT2D eigenvalue weighted by Gasteiger charge is 2.07. The van der Waals surface area contributed by atoms with E-state index in [4.69, 9.17) is 9.47 Å². The van der Waals surface area contributed by atoms with Crippen molar-refractivity contribution in [2.45, 2.75) is 26.3 Å². The van der Waals surface area contributed by atoms with Crippen molar-refractivity contribution in [1.82, 2.24) is 5.32 Å². The van der Waals surface area contributed by atoms with Gasteiger partial charge in [0.05, 0.1) is 13.7 Å². The van der Waals surface area contributed by atoms with Crippen LogP contribution in [0.1, 0.15) is 24.5 Å². The minimum Gasteiger partial charge on any atom is -0.497 e. The maximum absolute atomic E-state index is 12.2. The summed E-state index contributed by atoms with van der Waals surface area (Å²) in [6.07, 6.45) is 1.11. The smallest absolute Gasteiger partial charge is 0.220 e. The lowest BCUT2D eigenvalue weighted by Gasteiger charge is -2.10. The molecule has 27 heavy (non-hydrogen) atoms. The number of rotatable bonds is 8. The molecule has 0 radical (unpaired) electrons. The van der Waals surface area contributed by atoms with Gasteiger partial charge in [0.2, 0.25) is 5.91 Å². The Hall–Kier alpha value is -3.01. The number of hydrogen-bond donors (Lipinski definition) is 1. The van der Waals surface area contributed by atoms with E-state index in [1.165, 1.54) is 0 Å². The first-order valence-corrected chi connectivity index (χ1v) is 9.23. The van der Waals surface area contributed by atoms with Crippen molar-refractivity contribution in [3.63, 3.8) is 0 Å². The Kier molecular flexibility index (Phi) is 6.31. The summed E-state index contributed by atoms with van der Waals surface area (Å²) in [5, 5.41) is 5.26. The molecular weight excluding hydrogens is 338 g/mol. The number of nitrogens with one attached hydrogen (secondary N) is 1. The Labute approximate surface area is 160 Å². The lowest BCUT2D eigenvalue weighted by Crippen LogP contribution is -2.23. The highest BCUT2D eigenvalue weighted by molar-refractivity contribution is 5.84. The molecule has 140 valence electrons.